The third-order valence-electron chi connectivity index (χ3n) is 2.53. The first-order chi connectivity index (χ1) is 6.65. The minimum atomic E-state index is -0.919. The molecule has 0 aromatic carbocycles. The van der Waals surface area contributed by atoms with E-state index in [1.54, 1.807) is 0 Å². The maximum atomic E-state index is 10.9. The van der Waals surface area contributed by atoms with Crippen LogP contribution in [0.1, 0.15) is 39.0 Å². The largest absolute Gasteiger partial charge is 0.481 e. The Morgan fingerprint density at radius 2 is 2.29 bits per heavy atom. The highest BCUT2D eigenvalue weighted by Gasteiger charge is 2.39. The molecule has 1 saturated heterocycles. The van der Waals surface area contributed by atoms with E-state index < -0.39 is 18.0 Å². The Balaban J connectivity index is 2.41. The zero-order chi connectivity index (χ0) is 10.6. The first kappa shape index (κ1) is 11.0. The van der Waals surface area contributed by atoms with Gasteiger partial charge in [0.2, 0.25) is 0 Å². The molecule has 80 valence electrons. The van der Waals surface area contributed by atoms with Crippen molar-refractivity contribution in [3.63, 3.8) is 0 Å². The molecule has 1 heterocycles. The molecule has 0 aromatic heterocycles. The number of esters is 1. The number of carbonyl (C=O) groups excluding carboxylic acids is 1. The maximum Gasteiger partial charge on any atom is 0.310 e. The normalized spacial score (nSPS) is 26.2. The van der Waals surface area contributed by atoms with Crippen LogP contribution < -0.4 is 0 Å². The van der Waals surface area contributed by atoms with Gasteiger partial charge < -0.3 is 9.84 Å². The van der Waals surface area contributed by atoms with Gasteiger partial charge in [0.25, 0.3) is 0 Å². The van der Waals surface area contributed by atoms with Crippen molar-refractivity contribution in [3.8, 4) is 0 Å². The zero-order valence-electron chi connectivity index (χ0n) is 8.36. The second-order valence-corrected chi connectivity index (χ2v) is 3.67. The van der Waals surface area contributed by atoms with E-state index in [0.29, 0.717) is 6.42 Å². The molecule has 0 aliphatic carbocycles. The number of ether oxygens (including phenoxy) is 1. The summed E-state index contributed by atoms with van der Waals surface area (Å²) in [4.78, 5) is 21.7. The fourth-order valence-electron chi connectivity index (χ4n) is 1.71. The molecule has 0 bridgehead atoms. The Bertz CT molecular complexity index is 224. The second-order valence-electron chi connectivity index (χ2n) is 3.67. The van der Waals surface area contributed by atoms with Crippen LogP contribution in [0.3, 0.4) is 0 Å². The summed E-state index contributed by atoms with van der Waals surface area (Å²) in [5.74, 6) is -1.92. The summed E-state index contributed by atoms with van der Waals surface area (Å²) in [6.45, 7) is 2.08. The van der Waals surface area contributed by atoms with E-state index in [-0.39, 0.29) is 12.4 Å². The van der Waals surface area contributed by atoms with Gasteiger partial charge in [-0.2, -0.15) is 0 Å². The lowest BCUT2D eigenvalue weighted by Gasteiger charge is -2.13. The van der Waals surface area contributed by atoms with Crippen molar-refractivity contribution in [1.82, 2.24) is 0 Å². The standard InChI is InChI=1S/C10H16O4/c1-2-3-4-5-8-7(10(12)13)6-9(11)14-8/h7-8H,2-6H2,1H3,(H,12,13)/t7-,8-/m0/s1. The molecule has 0 aromatic rings. The average molecular weight is 200 g/mol. The molecule has 1 fully saturated rings. The molecule has 1 rings (SSSR count). The smallest absolute Gasteiger partial charge is 0.310 e. The van der Waals surface area contributed by atoms with Crippen LogP contribution in [0.25, 0.3) is 0 Å². The van der Waals surface area contributed by atoms with E-state index >= 15 is 0 Å². The van der Waals surface area contributed by atoms with Crippen LogP contribution in [-0.2, 0) is 14.3 Å². The Kier molecular flexibility index (Phi) is 3.92. The molecule has 2 atom stereocenters. The average Bonchev–Trinajstić information content (AvgIpc) is 2.47. The topological polar surface area (TPSA) is 63.6 Å². The maximum absolute atomic E-state index is 10.9. The summed E-state index contributed by atoms with van der Waals surface area (Å²) in [6.07, 6.45) is 3.38. The van der Waals surface area contributed by atoms with Gasteiger partial charge in [-0.1, -0.05) is 19.8 Å². The van der Waals surface area contributed by atoms with Crippen molar-refractivity contribution in [2.45, 2.75) is 45.1 Å². The first-order valence-corrected chi connectivity index (χ1v) is 5.07. The van der Waals surface area contributed by atoms with E-state index in [2.05, 4.69) is 6.92 Å². The molecular formula is C10H16O4. The lowest BCUT2D eigenvalue weighted by molar-refractivity contribution is -0.144. The molecule has 4 nitrogen and oxygen atoms in total. The number of hydrogen-bond acceptors (Lipinski definition) is 3. The summed E-state index contributed by atoms with van der Waals surface area (Å²) in [5.41, 5.74) is 0. The minimum absolute atomic E-state index is 0.0339. The number of carboxylic acids is 1. The molecular weight excluding hydrogens is 184 g/mol. The predicted molar refractivity (Wildman–Crippen MR) is 49.8 cm³/mol. The van der Waals surface area contributed by atoms with Crippen LogP contribution in [0, 0.1) is 5.92 Å². The Labute approximate surface area is 83.2 Å². The SMILES string of the molecule is CCCCC[C@@H]1OC(=O)C[C@@H]1C(=O)O. The van der Waals surface area contributed by atoms with Crippen LogP contribution in [0.15, 0.2) is 0 Å². The summed E-state index contributed by atoms with van der Waals surface area (Å²) in [6, 6.07) is 0. The van der Waals surface area contributed by atoms with Gasteiger partial charge >= 0.3 is 11.9 Å². The third kappa shape index (κ3) is 2.72. The molecule has 0 radical (unpaired) electrons. The quantitative estimate of drug-likeness (QED) is 0.540. The van der Waals surface area contributed by atoms with Gasteiger partial charge in [-0.3, -0.25) is 9.59 Å². The minimum Gasteiger partial charge on any atom is -0.481 e. The van der Waals surface area contributed by atoms with Gasteiger partial charge in [0.05, 0.1) is 6.42 Å². The molecule has 0 saturated carbocycles. The monoisotopic (exact) mass is 200 g/mol. The number of cyclic esters (lactones) is 1. The molecule has 4 heteroatoms. The number of rotatable bonds is 5. The van der Waals surface area contributed by atoms with Crippen LogP contribution in [0.5, 0.6) is 0 Å². The van der Waals surface area contributed by atoms with E-state index in [1.807, 2.05) is 0 Å². The number of hydrogen-bond donors (Lipinski definition) is 1. The molecule has 1 aliphatic heterocycles. The number of unbranched alkanes of at least 4 members (excludes halogenated alkanes) is 2. The molecule has 14 heavy (non-hydrogen) atoms. The van der Waals surface area contributed by atoms with Gasteiger partial charge in [0.15, 0.2) is 0 Å². The Hall–Kier alpha value is -1.06. The van der Waals surface area contributed by atoms with Gasteiger partial charge in [0.1, 0.15) is 12.0 Å². The highest BCUT2D eigenvalue weighted by Crippen LogP contribution is 2.26. The molecule has 0 unspecified atom stereocenters. The molecule has 1 aliphatic rings. The van der Waals surface area contributed by atoms with Crippen molar-refractivity contribution in [1.29, 1.82) is 0 Å². The van der Waals surface area contributed by atoms with E-state index in [4.69, 9.17) is 9.84 Å². The Morgan fingerprint density at radius 3 is 2.86 bits per heavy atom. The van der Waals surface area contributed by atoms with Crippen molar-refractivity contribution in [2.75, 3.05) is 0 Å². The number of carbonyl (C=O) groups is 2. The van der Waals surface area contributed by atoms with Crippen molar-refractivity contribution in [3.05, 3.63) is 0 Å². The van der Waals surface area contributed by atoms with Crippen LogP contribution in [0.2, 0.25) is 0 Å². The van der Waals surface area contributed by atoms with Gasteiger partial charge in [-0.05, 0) is 12.8 Å². The summed E-state index contributed by atoms with van der Waals surface area (Å²) in [5, 5.41) is 8.83. The van der Waals surface area contributed by atoms with Gasteiger partial charge in [-0.15, -0.1) is 0 Å². The molecule has 1 N–H and O–H groups in total. The van der Waals surface area contributed by atoms with Crippen LogP contribution in [-0.4, -0.2) is 23.1 Å². The first-order valence-electron chi connectivity index (χ1n) is 5.07. The van der Waals surface area contributed by atoms with Crippen molar-refractivity contribution >= 4 is 11.9 Å². The van der Waals surface area contributed by atoms with Crippen LogP contribution >= 0.6 is 0 Å². The highest BCUT2D eigenvalue weighted by molar-refractivity contribution is 5.82. The summed E-state index contributed by atoms with van der Waals surface area (Å²) in [7, 11) is 0. The van der Waals surface area contributed by atoms with Crippen molar-refractivity contribution < 1.29 is 19.4 Å². The van der Waals surface area contributed by atoms with E-state index in [9.17, 15) is 9.59 Å². The second kappa shape index (κ2) is 4.98. The lowest BCUT2D eigenvalue weighted by atomic mass is 9.97. The number of aliphatic carboxylic acids is 1. The molecule has 0 spiro atoms. The van der Waals surface area contributed by atoms with Crippen molar-refractivity contribution in [2.24, 2.45) is 5.92 Å². The number of carboxylic acid groups (broad SMARTS) is 1. The predicted octanol–water partition coefficient (Wildman–Crippen LogP) is 1.58. The molecule has 0 amide bonds. The third-order valence-corrected chi connectivity index (χ3v) is 2.53. The van der Waals surface area contributed by atoms with E-state index in [0.717, 1.165) is 19.3 Å². The fraction of sp³-hybridized carbons (Fsp3) is 0.800. The van der Waals surface area contributed by atoms with Crippen LogP contribution in [0.4, 0.5) is 0 Å². The summed E-state index contributed by atoms with van der Waals surface area (Å²) >= 11 is 0. The Morgan fingerprint density at radius 1 is 1.57 bits per heavy atom. The fourth-order valence-corrected chi connectivity index (χ4v) is 1.71. The zero-order valence-corrected chi connectivity index (χ0v) is 8.36. The van der Waals surface area contributed by atoms with E-state index in [1.165, 1.54) is 0 Å². The lowest BCUT2D eigenvalue weighted by Crippen LogP contribution is -2.23. The highest BCUT2D eigenvalue weighted by atomic mass is 16.6. The summed E-state index contributed by atoms with van der Waals surface area (Å²) < 4.78 is 4.96. The van der Waals surface area contributed by atoms with Gasteiger partial charge in [-0.25, -0.2) is 0 Å². The van der Waals surface area contributed by atoms with Gasteiger partial charge in [0, 0.05) is 0 Å².